The van der Waals surface area contributed by atoms with Crippen molar-refractivity contribution in [3.63, 3.8) is 0 Å². The average molecular weight is 303 g/mol. The summed E-state index contributed by atoms with van der Waals surface area (Å²) >= 11 is 6.11. The Balaban J connectivity index is 0.000000151. The van der Waals surface area contributed by atoms with Gasteiger partial charge in [-0.25, -0.2) is 0 Å². The fourth-order valence-corrected chi connectivity index (χ4v) is 2.52. The Hall–Kier alpha value is -0.780. The van der Waals surface area contributed by atoms with Gasteiger partial charge in [-0.1, -0.05) is 6.07 Å². The van der Waals surface area contributed by atoms with E-state index >= 15 is 0 Å². The molecule has 0 aromatic carbocycles. The van der Waals surface area contributed by atoms with Crippen molar-refractivity contribution in [2.24, 2.45) is 0 Å². The molecule has 78 valence electrons. The number of hydrogen-bond donors (Lipinski definition) is 0. The lowest BCUT2D eigenvalue weighted by molar-refractivity contribution is 0.111. The van der Waals surface area contributed by atoms with E-state index in [1.165, 1.54) is 22.7 Å². The minimum absolute atomic E-state index is 0.761. The van der Waals surface area contributed by atoms with Crippen LogP contribution in [-0.4, -0.2) is 12.6 Å². The van der Waals surface area contributed by atoms with Crippen LogP contribution in [-0.2, 0) is 0 Å². The van der Waals surface area contributed by atoms with Crippen LogP contribution in [0.15, 0.2) is 33.4 Å². The molecule has 0 unspecified atom stereocenters. The summed E-state index contributed by atoms with van der Waals surface area (Å²) in [6.07, 6.45) is 1.69. The van der Waals surface area contributed by atoms with Crippen LogP contribution in [0, 0.1) is 0 Å². The van der Waals surface area contributed by atoms with Crippen LogP contribution in [0.2, 0.25) is 0 Å². The molecule has 2 nitrogen and oxygen atoms in total. The fraction of sp³-hybridized carbons (Fsp3) is 0. The van der Waals surface area contributed by atoms with Gasteiger partial charge >= 0.3 is 0 Å². The van der Waals surface area contributed by atoms with Crippen molar-refractivity contribution in [2.45, 2.75) is 0 Å². The molecule has 2 aromatic rings. The first kappa shape index (κ1) is 12.3. The van der Waals surface area contributed by atoms with Gasteiger partial charge in [-0.2, -0.15) is 0 Å². The second-order valence-electron chi connectivity index (χ2n) is 2.42. The fourth-order valence-electron chi connectivity index (χ4n) is 0.748. The highest BCUT2D eigenvalue weighted by molar-refractivity contribution is 9.10. The number of carbonyl (C=O) groups is 2. The molecule has 0 aliphatic heterocycles. The summed E-state index contributed by atoms with van der Waals surface area (Å²) in [6.45, 7) is 0. The maximum Gasteiger partial charge on any atom is 0.160 e. The van der Waals surface area contributed by atoms with Crippen LogP contribution in [0.1, 0.15) is 19.3 Å². The predicted molar refractivity (Wildman–Crippen MR) is 67.1 cm³/mol. The second-order valence-corrected chi connectivity index (χ2v) is 5.26. The molecular formula is C10H7BrO2S2. The topological polar surface area (TPSA) is 34.1 Å². The van der Waals surface area contributed by atoms with Gasteiger partial charge < -0.3 is 0 Å². The Morgan fingerprint density at radius 1 is 1.13 bits per heavy atom. The first-order valence-electron chi connectivity index (χ1n) is 3.94. The maximum absolute atomic E-state index is 10.0. The number of carbonyl (C=O) groups excluding carboxylic acids is 2. The molecule has 0 radical (unpaired) electrons. The number of rotatable bonds is 2. The molecule has 2 rings (SSSR count). The Bertz CT molecular complexity index is 420. The molecule has 0 aliphatic rings. The second kappa shape index (κ2) is 6.66. The van der Waals surface area contributed by atoms with Crippen molar-refractivity contribution in [1.82, 2.24) is 0 Å². The molecule has 2 aromatic heterocycles. The van der Waals surface area contributed by atoms with E-state index < -0.39 is 0 Å². The Labute approximate surface area is 104 Å². The highest BCUT2D eigenvalue weighted by Crippen LogP contribution is 2.17. The van der Waals surface area contributed by atoms with E-state index in [4.69, 9.17) is 0 Å². The average Bonchev–Trinajstić information content (AvgIpc) is 2.88. The van der Waals surface area contributed by atoms with Gasteiger partial charge in [-0.3, -0.25) is 9.59 Å². The van der Waals surface area contributed by atoms with E-state index in [2.05, 4.69) is 15.9 Å². The zero-order valence-corrected chi connectivity index (χ0v) is 10.8. The number of aldehydes is 2. The Morgan fingerprint density at radius 2 is 1.87 bits per heavy atom. The zero-order valence-electron chi connectivity index (χ0n) is 7.55. The third-order valence-electron chi connectivity index (χ3n) is 1.36. The molecule has 0 saturated heterocycles. The van der Waals surface area contributed by atoms with Gasteiger partial charge in [0.25, 0.3) is 0 Å². The lowest BCUT2D eigenvalue weighted by Gasteiger charge is -1.68. The van der Waals surface area contributed by atoms with Crippen molar-refractivity contribution < 1.29 is 9.59 Å². The molecule has 0 bridgehead atoms. The van der Waals surface area contributed by atoms with E-state index in [1.54, 1.807) is 12.1 Å². The Morgan fingerprint density at radius 3 is 2.13 bits per heavy atom. The largest absolute Gasteiger partial charge is 0.297 e. The van der Waals surface area contributed by atoms with Crippen molar-refractivity contribution in [1.29, 1.82) is 0 Å². The lowest BCUT2D eigenvalue weighted by Crippen LogP contribution is -1.62. The van der Waals surface area contributed by atoms with Crippen LogP contribution in [0.25, 0.3) is 0 Å². The van der Waals surface area contributed by atoms with Crippen LogP contribution in [0.5, 0.6) is 0 Å². The molecular weight excluding hydrogens is 296 g/mol. The van der Waals surface area contributed by atoms with Crippen LogP contribution in [0.3, 0.4) is 0 Å². The van der Waals surface area contributed by atoms with Crippen molar-refractivity contribution >= 4 is 51.2 Å². The third kappa shape index (κ3) is 4.51. The van der Waals surface area contributed by atoms with Gasteiger partial charge in [-0.05, 0) is 33.4 Å². The van der Waals surface area contributed by atoms with E-state index in [1.807, 2.05) is 16.8 Å². The first-order valence-corrected chi connectivity index (χ1v) is 6.49. The van der Waals surface area contributed by atoms with Crippen molar-refractivity contribution in [2.75, 3.05) is 0 Å². The summed E-state index contributed by atoms with van der Waals surface area (Å²) in [4.78, 5) is 21.4. The lowest BCUT2D eigenvalue weighted by atomic mass is 10.5. The predicted octanol–water partition coefficient (Wildman–Crippen LogP) is 3.88. The molecule has 15 heavy (non-hydrogen) atoms. The molecule has 0 atom stereocenters. The molecule has 0 spiro atoms. The normalized spacial score (nSPS) is 8.87. The zero-order chi connectivity index (χ0) is 11.1. The molecule has 0 fully saturated rings. The Kier molecular flexibility index (Phi) is 5.45. The molecule has 0 N–H and O–H groups in total. The van der Waals surface area contributed by atoms with Gasteiger partial charge in [0.2, 0.25) is 0 Å². The summed E-state index contributed by atoms with van der Waals surface area (Å²) in [5.41, 5.74) is 0. The van der Waals surface area contributed by atoms with Gasteiger partial charge in [-0.15, -0.1) is 22.7 Å². The summed E-state index contributed by atoms with van der Waals surface area (Å²) < 4.78 is 0.976. The van der Waals surface area contributed by atoms with E-state index in [-0.39, 0.29) is 0 Å². The number of thiophene rings is 2. The van der Waals surface area contributed by atoms with Gasteiger partial charge in [0, 0.05) is 9.85 Å². The smallest absolute Gasteiger partial charge is 0.160 e. The standard InChI is InChI=1S/C5H3BrOS.C5H4OS/c6-4-1-5(2-7)8-3-4;6-4-5-2-1-3-7-5/h1-3H;1-4H. The highest BCUT2D eigenvalue weighted by Gasteiger charge is 1.91. The van der Waals surface area contributed by atoms with E-state index in [0.717, 1.165) is 26.8 Å². The quantitative estimate of drug-likeness (QED) is 0.789. The third-order valence-corrected chi connectivity index (χ3v) is 3.78. The molecule has 5 heteroatoms. The van der Waals surface area contributed by atoms with Crippen LogP contribution >= 0.6 is 38.6 Å². The molecule has 0 saturated carbocycles. The monoisotopic (exact) mass is 302 g/mol. The number of halogens is 1. The minimum Gasteiger partial charge on any atom is -0.297 e. The van der Waals surface area contributed by atoms with Crippen LogP contribution < -0.4 is 0 Å². The SMILES string of the molecule is O=Cc1cc(Br)cs1.O=Cc1cccs1. The summed E-state index contributed by atoms with van der Waals surface area (Å²) in [5, 5.41) is 3.76. The highest BCUT2D eigenvalue weighted by atomic mass is 79.9. The number of hydrogen-bond acceptors (Lipinski definition) is 4. The summed E-state index contributed by atoms with van der Waals surface area (Å²) in [5.74, 6) is 0. The van der Waals surface area contributed by atoms with E-state index in [9.17, 15) is 9.59 Å². The minimum atomic E-state index is 0.761. The maximum atomic E-state index is 10.0. The molecule has 2 heterocycles. The van der Waals surface area contributed by atoms with Gasteiger partial charge in [0.1, 0.15) is 0 Å². The van der Waals surface area contributed by atoms with Gasteiger partial charge in [0.05, 0.1) is 9.75 Å². The molecule has 0 aliphatic carbocycles. The van der Waals surface area contributed by atoms with Gasteiger partial charge in [0.15, 0.2) is 12.6 Å². The summed E-state index contributed by atoms with van der Waals surface area (Å²) in [6, 6.07) is 5.43. The first-order chi connectivity index (χ1) is 7.26. The van der Waals surface area contributed by atoms with Crippen molar-refractivity contribution in [3.05, 3.63) is 43.2 Å². The van der Waals surface area contributed by atoms with Crippen LogP contribution in [0.4, 0.5) is 0 Å². The molecule has 0 amide bonds. The van der Waals surface area contributed by atoms with Crippen molar-refractivity contribution in [3.8, 4) is 0 Å². The van der Waals surface area contributed by atoms with E-state index in [0.29, 0.717) is 0 Å². The summed E-state index contributed by atoms with van der Waals surface area (Å²) in [7, 11) is 0.